The van der Waals surface area contributed by atoms with Crippen LogP contribution in [0.3, 0.4) is 0 Å². The SMILES string of the molecule is COc1ccc(-n2ncc(C(=O)O)c2C)cc1[N+](=O)[O-]. The summed E-state index contributed by atoms with van der Waals surface area (Å²) in [6.45, 7) is 1.58. The van der Waals surface area contributed by atoms with E-state index in [0.29, 0.717) is 11.4 Å². The van der Waals surface area contributed by atoms with Gasteiger partial charge in [-0.25, -0.2) is 9.48 Å². The molecular weight excluding hydrogens is 266 g/mol. The third-order valence-corrected chi connectivity index (χ3v) is 2.84. The molecule has 20 heavy (non-hydrogen) atoms. The lowest BCUT2D eigenvalue weighted by molar-refractivity contribution is -0.385. The van der Waals surface area contributed by atoms with E-state index in [-0.39, 0.29) is 17.0 Å². The monoisotopic (exact) mass is 277 g/mol. The second-order valence-electron chi connectivity index (χ2n) is 3.97. The number of hydrogen-bond donors (Lipinski definition) is 1. The van der Waals surface area contributed by atoms with Gasteiger partial charge in [0, 0.05) is 6.07 Å². The highest BCUT2D eigenvalue weighted by molar-refractivity contribution is 5.88. The first-order valence-electron chi connectivity index (χ1n) is 5.56. The van der Waals surface area contributed by atoms with Crippen LogP contribution in [-0.2, 0) is 0 Å². The molecule has 1 aromatic carbocycles. The summed E-state index contributed by atoms with van der Waals surface area (Å²) in [6.07, 6.45) is 1.20. The second kappa shape index (κ2) is 5.00. The van der Waals surface area contributed by atoms with Gasteiger partial charge in [-0.15, -0.1) is 0 Å². The molecule has 0 aliphatic heterocycles. The molecule has 0 spiro atoms. The Bertz CT molecular complexity index is 692. The van der Waals surface area contributed by atoms with Gasteiger partial charge >= 0.3 is 11.7 Å². The van der Waals surface area contributed by atoms with Crippen molar-refractivity contribution in [2.45, 2.75) is 6.92 Å². The van der Waals surface area contributed by atoms with Crippen LogP contribution in [0.15, 0.2) is 24.4 Å². The minimum Gasteiger partial charge on any atom is -0.490 e. The molecule has 0 fully saturated rings. The number of hydrogen-bond acceptors (Lipinski definition) is 5. The molecule has 2 aromatic rings. The van der Waals surface area contributed by atoms with E-state index < -0.39 is 10.9 Å². The van der Waals surface area contributed by atoms with E-state index in [4.69, 9.17) is 9.84 Å². The standard InChI is InChI=1S/C12H11N3O5/c1-7-9(12(16)17)6-13-14(7)8-3-4-11(20-2)10(5-8)15(18)19/h3-6H,1-2H3,(H,16,17). The van der Waals surface area contributed by atoms with Gasteiger partial charge in [0.1, 0.15) is 5.56 Å². The van der Waals surface area contributed by atoms with Crippen LogP contribution in [0.5, 0.6) is 5.75 Å². The Labute approximate surface area is 113 Å². The summed E-state index contributed by atoms with van der Waals surface area (Å²) >= 11 is 0. The van der Waals surface area contributed by atoms with Crippen molar-refractivity contribution in [2.24, 2.45) is 0 Å². The molecule has 0 saturated heterocycles. The third-order valence-electron chi connectivity index (χ3n) is 2.84. The van der Waals surface area contributed by atoms with Crippen molar-refractivity contribution in [3.05, 3.63) is 45.8 Å². The lowest BCUT2D eigenvalue weighted by Gasteiger charge is -2.07. The minimum atomic E-state index is -1.10. The molecule has 0 bridgehead atoms. The van der Waals surface area contributed by atoms with E-state index in [2.05, 4.69) is 5.10 Å². The number of carboxylic acids is 1. The van der Waals surface area contributed by atoms with E-state index in [1.165, 1.54) is 30.1 Å². The lowest BCUT2D eigenvalue weighted by atomic mass is 10.2. The fourth-order valence-corrected chi connectivity index (χ4v) is 1.83. The second-order valence-corrected chi connectivity index (χ2v) is 3.97. The number of benzene rings is 1. The summed E-state index contributed by atoms with van der Waals surface area (Å²) in [5, 5.41) is 23.9. The van der Waals surface area contributed by atoms with Gasteiger partial charge in [-0.05, 0) is 19.1 Å². The molecule has 2 rings (SSSR count). The van der Waals surface area contributed by atoms with Crippen LogP contribution < -0.4 is 4.74 Å². The zero-order valence-electron chi connectivity index (χ0n) is 10.7. The average Bonchev–Trinajstić information content (AvgIpc) is 2.79. The first-order chi connectivity index (χ1) is 9.45. The summed E-state index contributed by atoms with van der Waals surface area (Å²) in [4.78, 5) is 21.4. The average molecular weight is 277 g/mol. The number of ether oxygens (including phenoxy) is 1. The number of nitrogens with zero attached hydrogens (tertiary/aromatic N) is 3. The van der Waals surface area contributed by atoms with Crippen LogP contribution in [0.4, 0.5) is 5.69 Å². The minimum absolute atomic E-state index is 0.0449. The highest BCUT2D eigenvalue weighted by Gasteiger charge is 2.19. The number of nitro groups is 1. The molecule has 0 atom stereocenters. The summed E-state index contributed by atoms with van der Waals surface area (Å²) in [5.74, 6) is -0.973. The quantitative estimate of drug-likeness (QED) is 0.674. The molecule has 0 aliphatic carbocycles. The molecule has 0 unspecified atom stereocenters. The Balaban J connectivity index is 2.56. The van der Waals surface area contributed by atoms with Crippen LogP contribution in [-0.4, -0.2) is 32.9 Å². The maximum atomic E-state index is 11.0. The van der Waals surface area contributed by atoms with E-state index in [1.54, 1.807) is 13.0 Å². The van der Waals surface area contributed by atoms with Gasteiger partial charge in [0.2, 0.25) is 0 Å². The number of carboxylic acid groups (broad SMARTS) is 1. The van der Waals surface area contributed by atoms with Crippen molar-refractivity contribution in [3.63, 3.8) is 0 Å². The van der Waals surface area contributed by atoms with Crippen molar-refractivity contribution < 1.29 is 19.6 Å². The third kappa shape index (κ3) is 2.18. The van der Waals surface area contributed by atoms with Crippen molar-refractivity contribution in [3.8, 4) is 11.4 Å². The number of nitro benzene ring substituents is 1. The topological polar surface area (TPSA) is 107 Å². The number of aromatic carboxylic acids is 1. The van der Waals surface area contributed by atoms with Gasteiger partial charge in [-0.1, -0.05) is 0 Å². The highest BCUT2D eigenvalue weighted by atomic mass is 16.6. The number of methoxy groups -OCH3 is 1. The van der Waals surface area contributed by atoms with Crippen LogP contribution in [0.2, 0.25) is 0 Å². The Kier molecular flexibility index (Phi) is 3.38. The van der Waals surface area contributed by atoms with Crippen molar-refractivity contribution in [1.82, 2.24) is 9.78 Å². The molecule has 1 heterocycles. The van der Waals surface area contributed by atoms with Gasteiger partial charge in [-0.2, -0.15) is 5.10 Å². The van der Waals surface area contributed by atoms with Crippen LogP contribution in [0.25, 0.3) is 5.69 Å². The first-order valence-corrected chi connectivity index (χ1v) is 5.56. The zero-order valence-corrected chi connectivity index (χ0v) is 10.7. The highest BCUT2D eigenvalue weighted by Crippen LogP contribution is 2.29. The zero-order chi connectivity index (χ0) is 14.9. The number of carbonyl (C=O) groups is 1. The molecular formula is C12H11N3O5. The molecule has 1 aromatic heterocycles. The predicted octanol–water partition coefficient (Wildman–Crippen LogP) is 1.80. The maximum Gasteiger partial charge on any atom is 0.339 e. The Morgan fingerprint density at radius 2 is 2.20 bits per heavy atom. The molecule has 8 heteroatoms. The predicted molar refractivity (Wildman–Crippen MR) is 68.5 cm³/mol. The van der Waals surface area contributed by atoms with E-state index >= 15 is 0 Å². The molecule has 0 saturated carbocycles. The van der Waals surface area contributed by atoms with Gasteiger partial charge in [0.25, 0.3) is 0 Å². The molecule has 1 N–H and O–H groups in total. The fraction of sp³-hybridized carbons (Fsp3) is 0.167. The first kappa shape index (κ1) is 13.5. The van der Waals surface area contributed by atoms with Crippen LogP contribution in [0.1, 0.15) is 16.1 Å². The normalized spacial score (nSPS) is 10.3. The van der Waals surface area contributed by atoms with E-state index in [0.717, 1.165) is 0 Å². The Morgan fingerprint density at radius 1 is 1.50 bits per heavy atom. The van der Waals surface area contributed by atoms with Gasteiger partial charge in [0.05, 0.1) is 29.6 Å². The maximum absolute atomic E-state index is 11.0. The van der Waals surface area contributed by atoms with Gasteiger partial charge in [-0.3, -0.25) is 10.1 Å². The summed E-state index contributed by atoms with van der Waals surface area (Å²) in [6, 6.07) is 4.29. The number of aromatic nitrogens is 2. The van der Waals surface area contributed by atoms with Crippen LogP contribution in [0, 0.1) is 17.0 Å². The molecule has 8 nitrogen and oxygen atoms in total. The van der Waals surface area contributed by atoms with Crippen molar-refractivity contribution in [2.75, 3.05) is 7.11 Å². The summed E-state index contributed by atoms with van der Waals surface area (Å²) < 4.78 is 6.23. The largest absolute Gasteiger partial charge is 0.490 e. The van der Waals surface area contributed by atoms with Crippen molar-refractivity contribution in [1.29, 1.82) is 0 Å². The van der Waals surface area contributed by atoms with E-state index in [1.807, 2.05) is 0 Å². The molecule has 0 amide bonds. The summed E-state index contributed by atoms with van der Waals surface area (Å²) in [5.41, 5.74) is 0.611. The Morgan fingerprint density at radius 3 is 2.70 bits per heavy atom. The number of rotatable bonds is 4. The van der Waals surface area contributed by atoms with Gasteiger partial charge in [0.15, 0.2) is 5.75 Å². The molecule has 104 valence electrons. The van der Waals surface area contributed by atoms with E-state index in [9.17, 15) is 14.9 Å². The smallest absolute Gasteiger partial charge is 0.339 e. The van der Waals surface area contributed by atoms with Gasteiger partial charge < -0.3 is 9.84 Å². The van der Waals surface area contributed by atoms with Crippen LogP contribution >= 0.6 is 0 Å². The van der Waals surface area contributed by atoms with Crippen molar-refractivity contribution >= 4 is 11.7 Å². The lowest BCUT2D eigenvalue weighted by Crippen LogP contribution is -2.03. The fourth-order valence-electron chi connectivity index (χ4n) is 1.83. The Hall–Kier alpha value is -2.90. The summed E-state index contributed by atoms with van der Waals surface area (Å²) in [7, 11) is 1.34. The molecule has 0 aliphatic rings. The molecule has 0 radical (unpaired) electrons.